The first-order chi connectivity index (χ1) is 17.5. The van der Waals surface area contributed by atoms with E-state index in [0.29, 0.717) is 34.5 Å². The molecule has 0 bridgehead atoms. The number of hydrogen-bond acceptors (Lipinski definition) is 10. The van der Waals surface area contributed by atoms with Gasteiger partial charge in [0.25, 0.3) is 0 Å². The van der Waals surface area contributed by atoms with Gasteiger partial charge in [0.1, 0.15) is 22.8 Å². The normalized spacial score (nSPS) is 15.8. The van der Waals surface area contributed by atoms with E-state index < -0.39 is 0 Å². The number of nitrogens with two attached hydrogens (primary N) is 1. The number of aromatic amines is 1. The molecule has 5 N–H and O–H groups in total. The predicted molar refractivity (Wildman–Crippen MR) is 139 cm³/mol. The average molecular weight is 486 g/mol. The molecule has 5 heterocycles. The van der Waals surface area contributed by atoms with Crippen LogP contribution in [0.5, 0.6) is 11.6 Å². The van der Waals surface area contributed by atoms with E-state index in [1.54, 1.807) is 17.1 Å². The zero-order valence-electron chi connectivity index (χ0n) is 20.3. The van der Waals surface area contributed by atoms with Gasteiger partial charge in [-0.15, -0.1) is 0 Å². The summed E-state index contributed by atoms with van der Waals surface area (Å²) in [6.45, 7) is 3.70. The van der Waals surface area contributed by atoms with Crippen molar-refractivity contribution in [2.45, 2.75) is 19.4 Å². The van der Waals surface area contributed by atoms with Crippen molar-refractivity contribution in [3.8, 4) is 11.6 Å². The molecule has 1 aliphatic rings. The van der Waals surface area contributed by atoms with Crippen LogP contribution in [0.3, 0.4) is 0 Å². The fourth-order valence-corrected chi connectivity index (χ4v) is 4.58. The third-order valence-electron chi connectivity index (χ3n) is 6.51. The Bertz CT molecular complexity index is 1570. The molecule has 5 aromatic rings. The molecule has 12 heteroatoms. The molecule has 184 valence electrons. The van der Waals surface area contributed by atoms with Crippen LogP contribution in [-0.2, 0) is 7.05 Å². The summed E-state index contributed by atoms with van der Waals surface area (Å²) in [5, 5.41) is 19.3. The lowest BCUT2D eigenvalue weighted by molar-refractivity contribution is 0.471. The molecule has 12 nitrogen and oxygen atoms in total. The molecule has 4 aromatic heterocycles. The summed E-state index contributed by atoms with van der Waals surface area (Å²) in [5.74, 6) is 2.44. The Morgan fingerprint density at radius 3 is 2.86 bits per heavy atom. The van der Waals surface area contributed by atoms with E-state index in [9.17, 15) is 0 Å². The zero-order valence-corrected chi connectivity index (χ0v) is 20.3. The van der Waals surface area contributed by atoms with Gasteiger partial charge in [0.05, 0.1) is 34.5 Å². The number of H-pyrrole nitrogens is 1. The van der Waals surface area contributed by atoms with E-state index in [-0.39, 0.29) is 5.82 Å². The summed E-state index contributed by atoms with van der Waals surface area (Å²) in [6, 6.07) is 6.29. The van der Waals surface area contributed by atoms with Crippen LogP contribution in [0.25, 0.3) is 21.8 Å². The predicted octanol–water partition coefficient (Wildman–Crippen LogP) is 2.86. The second-order valence-corrected chi connectivity index (χ2v) is 9.01. The van der Waals surface area contributed by atoms with Crippen molar-refractivity contribution in [3.63, 3.8) is 0 Å². The summed E-state index contributed by atoms with van der Waals surface area (Å²) in [5.41, 5.74) is 9.70. The molecule has 36 heavy (non-hydrogen) atoms. The molecule has 1 atom stereocenters. The minimum Gasteiger partial charge on any atom is -0.437 e. The Morgan fingerprint density at radius 2 is 2.08 bits per heavy atom. The summed E-state index contributed by atoms with van der Waals surface area (Å²) in [7, 11) is 3.83. The van der Waals surface area contributed by atoms with Crippen LogP contribution in [0, 0.1) is 6.92 Å². The second kappa shape index (κ2) is 8.64. The van der Waals surface area contributed by atoms with Gasteiger partial charge in [0.2, 0.25) is 11.8 Å². The average Bonchev–Trinajstić information content (AvgIpc) is 3.61. The van der Waals surface area contributed by atoms with Gasteiger partial charge in [0.15, 0.2) is 0 Å². The van der Waals surface area contributed by atoms with Crippen molar-refractivity contribution >= 4 is 45.1 Å². The van der Waals surface area contributed by atoms with E-state index in [4.69, 9.17) is 20.4 Å². The number of ether oxygens (including phenoxy) is 1. The first-order valence-electron chi connectivity index (χ1n) is 11.7. The highest BCUT2D eigenvalue weighted by atomic mass is 16.5. The molecule has 1 saturated heterocycles. The van der Waals surface area contributed by atoms with Crippen molar-refractivity contribution in [2.24, 2.45) is 7.05 Å². The number of fused-ring (bicyclic) bond motifs is 2. The number of aromatic nitrogens is 7. The largest absolute Gasteiger partial charge is 0.437 e. The van der Waals surface area contributed by atoms with Crippen LogP contribution in [0.2, 0.25) is 0 Å². The number of hydrogen-bond donors (Lipinski definition) is 4. The lowest BCUT2D eigenvalue weighted by Crippen LogP contribution is -2.29. The molecule has 0 spiro atoms. The molecule has 0 saturated carbocycles. The number of pyridine rings is 1. The summed E-state index contributed by atoms with van der Waals surface area (Å²) >= 11 is 0. The smallest absolute Gasteiger partial charge is 0.234 e. The van der Waals surface area contributed by atoms with E-state index in [0.717, 1.165) is 47.5 Å². The van der Waals surface area contributed by atoms with Gasteiger partial charge >= 0.3 is 0 Å². The van der Waals surface area contributed by atoms with Gasteiger partial charge in [0, 0.05) is 38.4 Å². The quantitative estimate of drug-likeness (QED) is 0.283. The highest BCUT2D eigenvalue weighted by Gasteiger charge is 2.25. The van der Waals surface area contributed by atoms with Gasteiger partial charge in [-0.1, -0.05) is 6.07 Å². The van der Waals surface area contributed by atoms with Gasteiger partial charge in [-0.2, -0.15) is 20.2 Å². The maximum Gasteiger partial charge on any atom is 0.234 e. The van der Waals surface area contributed by atoms with Crippen LogP contribution < -0.4 is 26.0 Å². The van der Waals surface area contributed by atoms with Gasteiger partial charge in [-0.25, -0.2) is 4.98 Å². The Morgan fingerprint density at radius 1 is 1.19 bits per heavy atom. The van der Waals surface area contributed by atoms with Crippen molar-refractivity contribution in [1.82, 2.24) is 40.2 Å². The third-order valence-corrected chi connectivity index (χ3v) is 6.51. The molecule has 1 aromatic carbocycles. The molecule has 0 aliphatic carbocycles. The number of likely N-dealkylation sites (N-methyl/N-ethyl adjacent to an activating group) is 1. The van der Waals surface area contributed by atoms with Crippen LogP contribution in [-0.4, -0.2) is 61.1 Å². The SMILES string of the molecule is CN[C@@H]1CCN(c2cc3nc(Nc4cnn(C)c4)nc(N)c3c(Oc3c(C)ccc4[nH]ncc34)n2)C1. The lowest BCUT2D eigenvalue weighted by Gasteiger charge is -2.20. The molecule has 0 amide bonds. The van der Waals surface area contributed by atoms with Crippen molar-refractivity contribution in [2.75, 3.05) is 36.1 Å². The molecular weight excluding hydrogens is 458 g/mol. The maximum absolute atomic E-state index is 6.48. The van der Waals surface area contributed by atoms with Gasteiger partial charge in [-0.05, 0) is 32.0 Å². The number of nitrogens with one attached hydrogen (secondary N) is 3. The fourth-order valence-electron chi connectivity index (χ4n) is 4.58. The van der Waals surface area contributed by atoms with Crippen LogP contribution in [0.1, 0.15) is 12.0 Å². The number of benzene rings is 1. The molecule has 1 aliphatic heterocycles. The van der Waals surface area contributed by atoms with Crippen LogP contribution in [0.4, 0.5) is 23.3 Å². The zero-order chi connectivity index (χ0) is 24.8. The molecule has 6 rings (SSSR count). The third kappa shape index (κ3) is 3.90. The summed E-state index contributed by atoms with van der Waals surface area (Å²) < 4.78 is 8.18. The van der Waals surface area contributed by atoms with Crippen molar-refractivity contribution in [1.29, 1.82) is 0 Å². The van der Waals surface area contributed by atoms with E-state index >= 15 is 0 Å². The lowest BCUT2D eigenvalue weighted by atomic mass is 10.1. The summed E-state index contributed by atoms with van der Waals surface area (Å²) in [4.78, 5) is 16.4. The van der Waals surface area contributed by atoms with Crippen molar-refractivity contribution in [3.05, 3.63) is 42.4 Å². The van der Waals surface area contributed by atoms with Gasteiger partial charge in [-0.3, -0.25) is 9.78 Å². The number of anilines is 4. The molecule has 1 fully saturated rings. The van der Waals surface area contributed by atoms with Crippen LogP contribution in [0.15, 0.2) is 36.8 Å². The number of nitrogen functional groups attached to an aromatic ring is 1. The monoisotopic (exact) mass is 485 g/mol. The Labute approximate surface area is 206 Å². The van der Waals surface area contributed by atoms with Crippen LogP contribution >= 0.6 is 0 Å². The Hall–Kier alpha value is -4.45. The molecule has 0 unspecified atom stereocenters. The highest BCUT2D eigenvalue weighted by Crippen LogP contribution is 2.38. The first-order valence-corrected chi connectivity index (χ1v) is 11.7. The standard InChI is InChI=1S/C24H27N11O/c1-13-4-5-17-16(10-27-33-17)21(13)36-23-20-18(8-19(31-23)35-7-6-14(12-35)26-2)30-24(32-22(20)25)29-15-9-28-34(3)11-15/h4-5,8-11,14,26H,6-7,12H2,1-3H3,(H,27,33)(H3,25,29,30,32)/t14-/m1/s1. The second-order valence-electron chi connectivity index (χ2n) is 9.01. The van der Waals surface area contributed by atoms with E-state index in [1.165, 1.54) is 0 Å². The molecular formula is C24H27N11O. The first kappa shape index (κ1) is 22.0. The maximum atomic E-state index is 6.48. The fraction of sp³-hybridized carbons (Fsp3) is 0.292. The van der Waals surface area contributed by atoms with E-state index in [1.807, 2.05) is 45.4 Å². The van der Waals surface area contributed by atoms with Gasteiger partial charge < -0.3 is 26.0 Å². The number of aryl methyl sites for hydroxylation is 2. The number of nitrogens with zero attached hydrogens (tertiary/aromatic N) is 7. The summed E-state index contributed by atoms with van der Waals surface area (Å²) in [6.07, 6.45) is 6.32. The van der Waals surface area contributed by atoms with E-state index in [2.05, 4.69) is 35.8 Å². The Balaban J connectivity index is 1.48. The minimum atomic E-state index is 0.270. The Kier molecular flexibility index (Phi) is 5.29. The minimum absolute atomic E-state index is 0.270. The topological polar surface area (TPSA) is 148 Å². The molecule has 0 radical (unpaired) electrons. The highest BCUT2D eigenvalue weighted by molar-refractivity contribution is 5.96. The number of rotatable bonds is 6. The van der Waals surface area contributed by atoms with Crippen molar-refractivity contribution < 1.29 is 4.74 Å².